The van der Waals surface area contributed by atoms with Crippen LogP contribution in [0.15, 0.2) is 22.4 Å². The molecule has 5 nitrogen and oxygen atoms in total. The van der Waals surface area contributed by atoms with Crippen molar-refractivity contribution in [2.24, 2.45) is 0 Å². The van der Waals surface area contributed by atoms with Crippen molar-refractivity contribution >= 4 is 23.7 Å². The van der Waals surface area contributed by atoms with Gasteiger partial charge in [-0.2, -0.15) is 0 Å². The molecule has 2 rings (SSSR count). The van der Waals surface area contributed by atoms with Crippen LogP contribution in [0.1, 0.15) is 27.2 Å². The first-order chi connectivity index (χ1) is 9.43. The third-order valence-electron chi connectivity index (χ3n) is 3.16. The predicted octanol–water partition coefficient (Wildman–Crippen LogP) is 2.05. The highest BCUT2D eigenvalue weighted by Gasteiger charge is 2.39. The van der Waals surface area contributed by atoms with Crippen LogP contribution in [0.3, 0.4) is 0 Å². The van der Waals surface area contributed by atoms with E-state index >= 15 is 0 Å². The van der Waals surface area contributed by atoms with E-state index in [2.05, 4.69) is 4.74 Å². The highest BCUT2D eigenvalue weighted by molar-refractivity contribution is 8.04. The Labute approximate surface area is 123 Å². The molecule has 1 saturated heterocycles. The fraction of sp³-hybridized carbons (Fsp3) is 0.571. The van der Waals surface area contributed by atoms with Gasteiger partial charge in [0.05, 0.1) is 23.8 Å². The summed E-state index contributed by atoms with van der Waals surface area (Å²) in [5.41, 5.74) is 1.60. The maximum atomic E-state index is 12.1. The lowest BCUT2D eigenvalue weighted by Gasteiger charge is -2.15. The molecule has 20 heavy (non-hydrogen) atoms. The summed E-state index contributed by atoms with van der Waals surface area (Å²) in [6.07, 6.45) is 2.03. The second kappa shape index (κ2) is 5.91. The van der Waals surface area contributed by atoms with E-state index in [1.807, 2.05) is 25.7 Å². The van der Waals surface area contributed by atoms with Crippen LogP contribution < -0.4 is 0 Å². The van der Waals surface area contributed by atoms with Gasteiger partial charge in [0.15, 0.2) is 0 Å². The Kier molecular flexibility index (Phi) is 4.42. The number of thioether (sulfide) groups is 1. The molecule has 0 aromatic rings. The van der Waals surface area contributed by atoms with Crippen LogP contribution in [0, 0.1) is 0 Å². The maximum Gasteiger partial charge on any atom is 0.336 e. The van der Waals surface area contributed by atoms with Gasteiger partial charge < -0.3 is 14.4 Å². The number of nitrogens with zero attached hydrogens (tertiary/aromatic N) is 1. The summed E-state index contributed by atoms with van der Waals surface area (Å²) < 4.78 is 9.94. The summed E-state index contributed by atoms with van der Waals surface area (Å²) in [6.45, 7) is 6.39. The maximum absolute atomic E-state index is 12.1. The average molecular weight is 297 g/mol. The van der Waals surface area contributed by atoms with Crippen molar-refractivity contribution in [3.8, 4) is 0 Å². The smallest absolute Gasteiger partial charge is 0.336 e. The monoisotopic (exact) mass is 297 g/mol. The van der Waals surface area contributed by atoms with E-state index in [9.17, 15) is 9.59 Å². The molecule has 0 bridgehead atoms. The van der Waals surface area contributed by atoms with Crippen molar-refractivity contribution in [1.29, 1.82) is 0 Å². The highest BCUT2D eigenvalue weighted by atomic mass is 32.2. The number of fused-ring (bicyclic) bond motifs is 1. The Morgan fingerprint density at radius 2 is 2.15 bits per heavy atom. The first-order valence-corrected chi connectivity index (χ1v) is 7.49. The minimum Gasteiger partial charge on any atom is -0.466 e. The van der Waals surface area contributed by atoms with Gasteiger partial charge in [-0.1, -0.05) is 11.8 Å². The number of rotatable bonds is 3. The number of carbonyl (C=O) groups is 2. The topological polar surface area (TPSA) is 55.8 Å². The lowest BCUT2D eigenvalue weighted by atomic mass is 10.2. The second-order valence-electron chi connectivity index (χ2n) is 4.99. The van der Waals surface area contributed by atoms with Gasteiger partial charge in [0.25, 0.3) is 0 Å². The van der Waals surface area contributed by atoms with Crippen molar-refractivity contribution in [3.63, 3.8) is 0 Å². The van der Waals surface area contributed by atoms with Gasteiger partial charge >= 0.3 is 11.9 Å². The average Bonchev–Trinajstić information content (AvgIpc) is 2.89. The van der Waals surface area contributed by atoms with Gasteiger partial charge in [0.1, 0.15) is 0 Å². The lowest BCUT2D eigenvalue weighted by Crippen LogP contribution is -2.17. The summed E-state index contributed by atoms with van der Waals surface area (Å²) in [6, 6.07) is 0. The largest absolute Gasteiger partial charge is 0.466 e. The summed E-state index contributed by atoms with van der Waals surface area (Å²) in [4.78, 5) is 25.5. The van der Waals surface area contributed by atoms with Crippen molar-refractivity contribution in [2.75, 3.05) is 13.7 Å². The molecule has 0 amide bonds. The fourth-order valence-corrected chi connectivity index (χ4v) is 3.58. The third-order valence-corrected chi connectivity index (χ3v) is 4.45. The van der Waals surface area contributed by atoms with Crippen LogP contribution >= 0.6 is 11.8 Å². The minimum absolute atomic E-state index is 0.126. The number of carbonyl (C=O) groups excluding carboxylic acids is 2. The zero-order valence-corrected chi connectivity index (χ0v) is 13.0. The van der Waals surface area contributed by atoms with E-state index in [1.54, 1.807) is 11.8 Å². The molecule has 1 unspecified atom stereocenters. The van der Waals surface area contributed by atoms with Crippen molar-refractivity contribution in [3.05, 3.63) is 22.4 Å². The predicted molar refractivity (Wildman–Crippen MR) is 76.7 cm³/mol. The van der Waals surface area contributed by atoms with Gasteiger partial charge in [-0.25, -0.2) is 9.59 Å². The van der Waals surface area contributed by atoms with Crippen molar-refractivity contribution in [1.82, 2.24) is 4.90 Å². The minimum atomic E-state index is -0.369. The summed E-state index contributed by atoms with van der Waals surface area (Å²) in [5, 5.41) is 1.05. The molecule has 0 spiro atoms. The molecule has 1 fully saturated rings. The molecule has 1 atom stereocenters. The number of esters is 2. The van der Waals surface area contributed by atoms with E-state index in [-0.39, 0.29) is 23.3 Å². The van der Waals surface area contributed by atoms with Gasteiger partial charge in [-0.05, 0) is 20.8 Å². The molecule has 6 heteroatoms. The van der Waals surface area contributed by atoms with E-state index < -0.39 is 0 Å². The van der Waals surface area contributed by atoms with Crippen LogP contribution in [0.2, 0.25) is 0 Å². The zero-order chi connectivity index (χ0) is 14.9. The molecule has 2 heterocycles. The number of ether oxygens (including phenoxy) is 2. The molecule has 0 aromatic carbocycles. The van der Waals surface area contributed by atoms with E-state index in [4.69, 9.17) is 4.74 Å². The molecule has 0 aromatic heterocycles. The molecule has 0 radical (unpaired) electrons. The first-order valence-electron chi connectivity index (χ1n) is 6.62. The number of hydrogen-bond acceptors (Lipinski definition) is 6. The molecular weight excluding hydrogens is 278 g/mol. The molecule has 0 saturated carbocycles. The van der Waals surface area contributed by atoms with Gasteiger partial charge in [-0.15, -0.1) is 0 Å². The molecule has 0 N–H and O–H groups in total. The Morgan fingerprint density at radius 1 is 1.45 bits per heavy atom. The number of hydrogen-bond donors (Lipinski definition) is 0. The second-order valence-corrected chi connectivity index (χ2v) is 6.32. The van der Waals surface area contributed by atoms with E-state index in [0.717, 1.165) is 10.7 Å². The SMILES string of the molecule is COC(=O)C=C1C(C)SC2=C(C(=O)OC(C)C)CCN12. The highest BCUT2D eigenvalue weighted by Crippen LogP contribution is 2.47. The Balaban J connectivity index is 2.25. The van der Waals surface area contributed by atoms with Crippen LogP contribution in [-0.4, -0.2) is 41.8 Å². The van der Waals surface area contributed by atoms with Crippen LogP contribution in [0.25, 0.3) is 0 Å². The van der Waals surface area contributed by atoms with E-state index in [0.29, 0.717) is 18.5 Å². The fourth-order valence-electron chi connectivity index (χ4n) is 2.27. The van der Waals surface area contributed by atoms with Gasteiger partial charge in [-0.3, -0.25) is 0 Å². The quantitative estimate of drug-likeness (QED) is 0.587. The van der Waals surface area contributed by atoms with Gasteiger partial charge in [0, 0.05) is 30.0 Å². The standard InChI is InChI=1S/C14H19NO4S/c1-8(2)19-14(17)10-5-6-15-11(7-12(16)18-4)9(3)20-13(10)15/h7-9H,5-6H2,1-4H3. The molecule has 110 valence electrons. The Hall–Kier alpha value is -1.43. The summed E-state index contributed by atoms with van der Waals surface area (Å²) in [7, 11) is 1.36. The van der Waals surface area contributed by atoms with Crippen LogP contribution in [0.4, 0.5) is 0 Å². The Bertz CT molecular complexity index is 495. The van der Waals surface area contributed by atoms with Crippen molar-refractivity contribution in [2.45, 2.75) is 38.5 Å². The lowest BCUT2D eigenvalue weighted by molar-refractivity contribution is -0.142. The number of methoxy groups -OCH3 is 1. The molecular formula is C14H19NO4S. The van der Waals surface area contributed by atoms with Crippen molar-refractivity contribution < 1.29 is 19.1 Å². The normalized spacial score (nSPS) is 23.6. The molecule has 0 aliphatic carbocycles. The first kappa shape index (κ1) is 15.0. The van der Waals surface area contributed by atoms with Crippen LogP contribution in [-0.2, 0) is 19.1 Å². The summed E-state index contributed by atoms with van der Waals surface area (Å²) in [5.74, 6) is -0.622. The van der Waals surface area contributed by atoms with Gasteiger partial charge in [0.2, 0.25) is 0 Å². The van der Waals surface area contributed by atoms with E-state index in [1.165, 1.54) is 13.2 Å². The Morgan fingerprint density at radius 3 is 2.75 bits per heavy atom. The van der Waals surface area contributed by atoms with Crippen LogP contribution in [0.5, 0.6) is 0 Å². The zero-order valence-electron chi connectivity index (χ0n) is 12.1. The third kappa shape index (κ3) is 2.85. The molecule has 2 aliphatic rings. The molecule has 2 aliphatic heterocycles. The summed E-state index contributed by atoms with van der Waals surface area (Å²) >= 11 is 1.59.